The van der Waals surface area contributed by atoms with Crippen molar-refractivity contribution in [1.82, 2.24) is 0 Å². The average Bonchev–Trinajstić information content (AvgIpc) is 2.91. The van der Waals surface area contributed by atoms with Crippen molar-refractivity contribution in [1.29, 1.82) is 0 Å². The van der Waals surface area contributed by atoms with Crippen molar-refractivity contribution in [2.24, 2.45) is 40.4 Å². The van der Waals surface area contributed by atoms with Gasteiger partial charge in [0.15, 0.2) is 0 Å². The molecule has 0 aromatic rings. The highest BCUT2D eigenvalue weighted by molar-refractivity contribution is 5.09. The molecular weight excluding hydrogens is 296 g/mol. The highest BCUT2D eigenvalue weighted by Gasteiger charge is 2.60. The van der Waals surface area contributed by atoms with E-state index in [2.05, 4.69) is 13.8 Å². The molecule has 0 spiro atoms. The fourth-order valence-electron chi connectivity index (χ4n) is 8.27. The normalized spacial score (nSPS) is 55.4. The van der Waals surface area contributed by atoms with Gasteiger partial charge in [0.1, 0.15) is 0 Å². The van der Waals surface area contributed by atoms with E-state index in [9.17, 15) is 5.11 Å². The Hall–Kier alpha value is -0.0800. The third kappa shape index (κ3) is 2.35. The van der Waals surface area contributed by atoms with Crippen molar-refractivity contribution >= 4 is 0 Å². The molecule has 0 aromatic heterocycles. The van der Waals surface area contributed by atoms with Gasteiger partial charge < -0.3 is 9.84 Å². The van der Waals surface area contributed by atoms with Crippen LogP contribution in [0, 0.1) is 40.4 Å². The van der Waals surface area contributed by atoms with E-state index in [0.717, 1.165) is 23.7 Å². The topological polar surface area (TPSA) is 29.5 Å². The summed E-state index contributed by atoms with van der Waals surface area (Å²) in [5, 5.41) is 10.3. The van der Waals surface area contributed by atoms with Crippen LogP contribution in [0.1, 0.15) is 78.6 Å². The molecule has 2 nitrogen and oxygen atoms in total. The molecule has 138 valence electrons. The van der Waals surface area contributed by atoms with Crippen molar-refractivity contribution in [2.45, 2.75) is 90.8 Å². The number of hydrogen-bond donors (Lipinski definition) is 1. The smallest absolute Gasteiger partial charge is 0.0574 e. The van der Waals surface area contributed by atoms with Crippen LogP contribution in [0.2, 0.25) is 0 Å². The second-order valence-electron chi connectivity index (χ2n) is 10.3. The molecule has 0 aromatic carbocycles. The van der Waals surface area contributed by atoms with E-state index >= 15 is 0 Å². The van der Waals surface area contributed by atoms with E-state index in [0.29, 0.717) is 22.9 Å². The number of fused-ring (bicyclic) bond motifs is 5. The molecule has 0 saturated heterocycles. The van der Waals surface area contributed by atoms with Crippen LogP contribution in [0.25, 0.3) is 0 Å². The van der Waals surface area contributed by atoms with E-state index in [1.165, 1.54) is 57.8 Å². The first-order chi connectivity index (χ1) is 11.4. The zero-order chi connectivity index (χ0) is 17.1. The second kappa shape index (κ2) is 5.98. The Morgan fingerprint density at radius 2 is 1.62 bits per heavy atom. The number of ether oxygens (including phenoxy) is 1. The summed E-state index contributed by atoms with van der Waals surface area (Å²) in [5.41, 5.74) is 0.963. The van der Waals surface area contributed by atoms with Gasteiger partial charge in [0.05, 0.1) is 12.2 Å². The first-order valence-corrected chi connectivity index (χ1v) is 10.6. The van der Waals surface area contributed by atoms with Gasteiger partial charge in [-0.2, -0.15) is 0 Å². The summed E-state index contributed by atoms with van der Waals surface area (Å²) >= 11 is 0. The van der Waals surface area contributed by atoms with Gasteiger partial charge in [0.2, 0.25) is 0 Å². The number of aliphatic hydroxyl groups excluding tert-OH is 1. The minimum atomic E-state index is -0.124. The lowest BCUT2D eigenvalue weighted by atomic mass is 9.44. The zero-order valence-corrected chi connectivity index (χ0v) is 16.3. The standard InChI is InChI=1S/C22H38O2/c1-14(23)18-7-8-19-17-6-5-15-13-16(24-4)9-11-21(15,2)20(17)10-12-22(18,19)3/h14-20,23H,5-13H2,1-4H3/t14-,15?,16-,17?,18+,19?,20?,21-,22+/m0/s1. The Bertz CT molecular complexity index is 475. The van der Waals surface area contributed by atoms with Gasteiger partial charge in [-0.1, -0.05) is 13.8 Å². The molecule has 24 heavy (non-hydrogen) atoms. The van der Waals surface area contributed by atoms with Crippen LogP contribution in [0.4, 0.5) is 0 Å². The lowest BCUT2D eigenvalue weighted by Gasteiger charge is -2.61. The van der Waals surface area contributed by atoms with Crippen LogP contribution in [0.3, 0.4) is 0 Å². The molecule has 0 aliphatic heterocycles. The molecule has 4 fully saturated rings. The molecule has 1 N–H and O–H groups in total. The third-order valence-corrected chi connectivity index (χ3v) is 9.61. The maximum Gasteiger partial charge on any atom is 0.0574 e. The van der Waals surface area contributed by atoms with Crippen LogP contribution in [-0.4, -0.2) is 24.4 Å². The van der Waals surface area contributed by atoms with E-state index < -0.39 is 0 Å². The predicted molar refractivity (Wildman–Crippen MR) is 97.7 cm³/mol. The number of rotatable bonds is 2. The summed E-state index contributed by atoms with van der Waals surface area (Å²) in [5.74, 6) is 4.15. The highest BCUT2D eigenvalue weighted by atomic mass is 16.5. The second-order valence-corrected chi connectivity index (χ2v) is 10.3. The van der Waals surface area contributed by atoms with Crippen molar-refractivity contribution < 1.29 is 9.84 Å². The van der Waals surface area contributed by atoms with Gasteiger partial charge in [-0.05, 0) is 105 Å². The molecule has 9 atom stereocenters. The van der Waals surface area contributed by atoms with E-state index in [1.54, 1.807) is 0 Å². The van der Waals surface area contributed by atoms with E-state index in [1.807, 2.05) is 14.0 Å². The van der Waals surface area contributed by atoms with E-state index in [4.69, 9.17) is 4.74 Å². The summed E-state index contributed by atoms with van der Waals surface area (Å²) in [6.45, 7) is 7.19. The first kappa shape index (κ1) is 17.3. The Morgan fingerprint density at radius 1 is 0.917 bits per heavy atom. The summed E-state index contributed by atoms with van der Waals surface area (Å²) in [6, 6.07) is 0. The van der Waals surface area contributed by atoms with Gasteiger partial charge in [-0.3, -0.25) is 0 Å². The van der Waals surface area contributed by atoms with Gasteiger partial charge in [0.25, 0.3) is 0 Å². The minimum absolute atomic E-state index is 0.124. The molecule has 4 aliphatic carbocycles. The molecule has 0 amide bonds. The third-order valence-electron chi connectivity index (χ3n) is 9.61. The van der Waals surface area contributed by atoms with Gasteiger partial charge in [-0.25, -0.2) is 0 Å². The van der Waals surface area contributed by atoms with Gasteiger partial charge in [0, 0.05) is 7.11 Å². The number of hydrogen-bond acceptors (Lipinski definition) is 2. The Morgan fingerprint density at radius 3 is 2.33 bits per heavy atom. The largest absolute Gasteiger partial charge is 0.393 e. The maximum absolute atomic E-state index is 10.3. The predicted octanol–water partition coefficient (Wildman–Crippen LogP) is 5.04. The Balaban J connectivity index is 1.58. The zero-order valence-electron chi connectivity index (χ0n) is 16.3. The van der Waals surface area contributed by atoms with Crippen LogP contribution in [0.5, 0.6) is 0 Å². The Labute approximate surface area is 148 Å². The van der Waals surface area contributed by atoms with Crippen LogP contribution in [-0.2, 0) is 4.74 Å². The molecule has 4 unspecified atom stereocenters. The van der Waals surface area contributed by atoms with Crippen molar-refractivity contribution in [3.8, 4) is 0 Å². The average molecular weight is 335 g/mol. The molecular formula is C22H38O2. The molecule has 0 bridgehead atoms. The van der Waals surface area contributed by atoms with Crippen LogP contribution >= 0.6 is 0 Å². The molecule has 4 rings (SSSR count). The van der Waals surface area contributed by atoms with Gasteiger partial charge in [-0.15, -0.1) is 0 Å². The quantitative estimate of drug-likeness (QED) is 0.766. The van der Waals surface area contributed by atoms with Crippen molar-refractivity contribution in [3.05, 3.63) is 0 Å². The number of methoxy groups -OCH3 is 1. The molecule has 0 heterocycles. The Kier molecular flexibility index (Phi) is 4.32. The minimum Gasteiger partial charge on any atom is -0.393 e. The van der Waals surface area contributed by atoms with Crippen LogP contribution in [0.15, 0.2) is 0 Å². The number of aliphatic hydroxyl groups is 1. The fraction of sp³-hybridized carbons (Fsp3) is 1.00. The SMILES string of the molecule is CO[C@H]1CC[C@@]2(C)C(CCC3C2CC[C@@]2(C)C3CC[C@@H]2[C@H](C)O)C1. The monoisotopic (exact) mass is 334 g/mol. The summed E-state index contributed by atoms with van der Waals surface area (Å²) in [7, 11) is 1.90. The maximum atomic E-state index is 10.3. The van der Waals surface area contributed by atoms with E-state index in [-0.39, 0.29) is 6.10 Å². The molecule has 4 saturated carbocycles. The molecule has 2 heteroatoms. The van der Waals surface area contributed by atoms with Crippen molar-refractivity contribution in [2.75, 3.05) is 7.11 Å². The van der Waals surface area contributed by atoms with Gasteiger partial charge >= 0.3 is 0 Å². The van der Waals surface area contributed by atoms with Crippen molar-refractivity contribution in [3.63, 3.8) is 0 Å². The lowest BCUT2D eigenvalue weighted by molar-refractivity contribution is -0.135. The summed E-state index contributed by atoms with van der Waals surface area (Å²) in [4.78, 5) is 0. The molecule has 0 radical (unpaired) electrons. The summed E-state index contributed by atoms with van der Waals surface area (Å²) < 4.78 is 5.72. The lowest BCUT2D eigenvalue weighted by Crippen LogP contribution is -2.54. The fourth-order valence-corrected chi connectivity index (χ4v) is 8.27. The summed E-state index contributed by atoms with van der Waals surface area (Å²) in [6.07, 6.45) is 12.6. The molecule has 4 aliphatic rings. The van der Waals surface area contributed by atoms with Crippen LogP contribution < -0.4 is 0 Å². The first-order valence-electron chi connectivity index (χ1n) is 10.6. The highest BCUT2D eigenvalue weighted by Crippen LogP contribution is 2.67.